The average Bonchev–Trinajstić information content (AvgIpc) is 2.64. The van der Waals surface area contributed by atoms with Gasteiger partial charge in [-0.15, -0.1) is 0 Å². The number of hydrogen-bond donors (Lipinski definition) is 1. The van der Waals surface area contributed by atoms with Gasteiger partial charge in [-0.05, 0) is 17.7 Å². The van der Waals surface area contributed by atoms with Crippen LogP contribution in [0, 0.1) is 0 Å². The fourth-order valence-electron chi connectivity index (χ4n) is 1.43. The Kier molecular flexibility index (Phi) is 3.54. The van der Waals surface area contributed by atoms with Gasteiger partial charge in [-0.2, -0.15) is 5.10 Å². The minimum absolute atomic E-state index is 0.660. The Morgan fingerprint density at radius 3 is 2.94 bits per heavy atom. The molecule has 0 fully saturated rings. The molecule has 0 bridgehead atoms. The summed E-state index contributed by atoms with van der Waals surface area (Å²) in [6, 6.07) is 7.79. The molecule has 1 aromatic heterocycles. The van der Waals surface area contributed by atoms with Gasteiger partial charge in [-0.3, -0.25) is 4.68 Å². The minimum atomic E-state index is 0.660. The van der Waals surface area contributed by atoms with Crippen molar-refractivity contribution in [2.45, 2.75) is 13.1 Å². The molecule has 0 atom stereocenters. The van der Waals surface area contributed by atoms with Gasteiger partial charge in [0.1, 0.15) is 6.33 Å². The first-order valence-electron chi connectivity index (χ1n) is 5.04. The Bertz CT molecular complexity index is 467. The van der Waals surface area contributed by atoms with Crippen molar-refractivity contribution in [3.63, 3.8) is 0 Å². The second kappa shape index (κ2) is 5.09. The zero-order chi connectivity index (χ0) is 11.4. The first kappa shape index (κ1) is 11.1. The number of aryl methyl sites for hydroxylation is 1. The molecule has 2 rings (SSSR count). The van der Waals surface area contributed by atoms with Crippen LogP contribution in [0.3, 0.4) is 0 Å². The van der Waals surface area contributed by atoms with Crippen LogP contribution in [-0.4, -0.2) is 14.8 Å². The van der Waals surface area contributed by atoms with E-state index in [1.807, 2.05) is 31.3 Å². The molecule has 1 N–H and O–H groups in total. The maximum absolute atomic E-state index is 5.89. The van der Waals surface area contributed by atoms with Gasteiger partial charge in [-0.1, -0.05) is 23.7 Å². The molecular weight excluding hydrogens is 224 g/mol. The molecule has 0 saturated carbocycles. The molecule has 2 aromatic rings. The Balaban J connectivity index is 1.84. The average molecular weight is 237 g/mol. The number of nitrogens with one attached hydrogen (secondary N) is 1. The molecule has 1 heterocycles. The molecule has 84 valence electrons. The predicted octanol–water partition coefficient (Wildman–Crippen LogP) is 1.76. The number of benzene rings is 1. The van der Waals surface area contributed by atoms with Crippen molar-refractivity contribution in [1.82, 2.24) is 20.1 Å². The lowest BCUT2D eigenvalue weighted by Gasteiger charge is -2.02. The summed E-state index contributed by atoms with van der Waals surface area (Å²) in [6.45, 7) is 1.42. The second-order valence-electron chi connectivity index (χ2n) is 3.57. The molecule has 4 nitrogen and oxygen atoms in total. The van der Waals surface area contributed by atoms with Crippen LogP contribution in [0.25, 0.3) is 0 Å². The first-order chi connectivity index (χ1) is 7.74. The summed E-state index contributed by atoms with van der Waals surface area (Å²) >= 11 is 5.89. The van der Waals surface area contributed by atoms with E-state index in [1.54, 1.807) is 11.0 Å². The van der Waals surface area contributed by atoms with Gasteiger partial charge in [0.2, 0.25) is 0 Å². The lowest BCUT2D eigenvalue weighted by molar-refractivity contribution is 0.649. The van der Waals surface area contributed by atoms with Gasteiger partial charge in [0.05, 0.1) is 6.54 Å². The van der Waals surface area contributed by atoms with Gasteiger partial charge >= 0.3 is 0 Å². The lowest BCUT2D eigenvalue weighted by atomic mass is 10.2. The highest BCUT2D eigenvalue weighted by atomic mass is 35.5. The van der Waals surface area contributed by atoms with E-state index in [0.717, 1.165) is 23.0 Å². The van der Waals surface area contributed by atoms with Gasteiger partial charge in [-0.25, -0.2) is 4.98 Å². The van der Waals surface area contributed by atoms with E-state index < -0.39 is 0 Å². The van der Waals surface area contributed by atoms with Crippen molar-refractivity contribution in [3.8, 4) is 0 Å². The first-order valence-corrected chi connectivity index (χ1v) is 5.41. The summed E-state index contributed by atoms with van der Waals surface area (Å²) in [5.74, 6) is 0.796. The zero-order valence-corrected chi connectivity index (χ0v) is 9.78. The van der Waals surface area contributed by atoms with E-state index in [9.17, 15) is 0 Å². The monoisotopic (exact) mass is 236 g/mol. The standard InChI is InChI=1S/C11H13ClN4/c1-16-8-14-11(15-16)7-13-6-9-3-2-4-10(12)5-9/h2-5,8,13H,6-7H2,1H3. The van der Waals surface area contributed by atoms with Crippen LogP contribution in [0.4, 0.5) is 0 Å². The summed E-state index contributed by atoms with van der Waals surface area (Å²) in [5.41, 5.74) is 1.16. The Morgan fingerprint density at radius 2 is 2.25 bits per heavy atom. The molecule has 5 heteroatoms. The van der Waals surface area contributed by atoms with Crippen LogP contribution in [0.2, 0.25) is 5.02 Å². The molecule has 0 aliphatic heterocycles. The number of halogens is 1. The van der Waals surface area contributed by atoms with Crippen LogP contribution in [-0.2, 0) is 20.1 Å². The van der Waals surface area contributed by atoms with Crippen LogP contribution >= 0.6 is 11.6 Å². The molecule has 0 aliphatic carbocycles. The number of aromatic nitrogens is 3. The summed E-state index contributed by atoms with van der Waals surface area (Å²) in [7, 11) is 1.85. The summed E-state index contributed by atoms with van der Waals surface area (Å²) < 4.78 is 1.69. The highest BCUT2D eigenvalue weighted by Crippen LogP contribution is 2.10. The van der Waals surface area contributed by atoms with Gasteiger partial charge in [0, 0.05) is 18.6 Å². The third kappa shape index (κ3) is 3.05. The van der Waals surface area contributed by atoms with E-state index in [-0.39, 0.29) is 0 Å². The van der Waals surface area contributed by atoms with Crippen LogP contribution < -0.4 is 5.32 Å². The van der Waals surface area contributed by atoms with Crippen molar-refractivity contribution in [2.24, 2.45) is 7.05 Å². The van der Waals surface area contributed by atoms with E-state index in [2.05, 4.69) is 15.4 Å². The van der Waals surface area contributed by atoms with Crippen molar-refractivity contribution in [2.75, 3.05) is 0 Å². The Labute approximate surface area is 99.3 Å². The fraction of sp³-hybridized carbons (Fsp3) is 0.273. The Morgan fingerprint density at radius 1 is 1.38 bits per heavy atom. The highest BCUT2D eigenvalue weighted by Gasteiger charge is 1.98. The van der Waals surface area contributed by atoms with Gasteiger partial charge in [0.25, 0.3) is 0 Å². The molecule has 0 amide bonds. The topological polar surface area (TPSA) is 42.7 Å². The van der Waals surface area contributed by atoms with E-state index in [1.165, 1.54) is 0 Å². The van der Waals surface area contributed by atoms with Crippen molar-refractivity contribution in [1.29, 1.82) is 0 Å². The molecule has 16 heavy (non-hydrogen) atoms. The fourth-order valence-corrected chi connectivity index (χ4v) is 1.64. The molecule has 0 saturated heterocycles. The minimum Gasteiger partial charge on any atom is -0.306 e. The van der Waals surface area contributed by atoms with Gasteiger partial charge in [0.15, 0.2) is 5.82 Å². The highest BCUT2D eigenvalue weighted by molar-refractivity contribution is 6.30. The van der Waals surface area contributed by atoms with Crippen molar-refractivity contribution >= 4 is 11.6 Å². The maximum atomic E-state index is 5.89. The third-order valence-electron chi connectivity index (χ3n) is 2.15. The molecule has 0 aliphatic rings. The smallest absolute Gasteiger partial charge is 0.164 e. The largest absolute Gasteiger partial charge is 0.306 e. The molecule has 0 spiro atoms. The van der Waals surface area contributed by atoms with Crippen LogP contribution in [0.15, 0.2) is 30.6 Å². The normalized spacial score (nSPS) is 10.6. The zero-order valence-electron chi connectivity index (χ0n) is 9.02. The maximum Gasteiger partial charge on any atom is 0.164 e. The van der Waals surface area contributed by atoms with Gasteiger partial charge < -0.3 is 5.32 Å². The SMILES string of the molecule is Cn1cnc(CNCc2cccc(Cl)c2)n1. The van der Waals surface area contributed by atoms with Crippen LogP contribution in [0.5, 0.6) is 0 Å². The molecule has 1 aromatic carbocycles. The van der Waals surface area contributed by atoms with E-state index >= 15 is 0 Å². The summed E-state index contributed by atoms with van der Waals surface area (Å²) in [4.78, 5) is 4.13. The number of hydrogen-bond acceptors (Lipinski definition) is 3. The lowest BCUT2D eigenvalue weighted by Crippen LogP contribution is -2.13. The predicted molar refractivity (Wildman–Crippen MR) is 63.0 cm³/mol. The van der Waals surface area contributed by atoms with Crippen molar-refractivity contribution < 1.29 is 0 Å². The number of rotatable bonds is 4. The van der Waals surface area contributed by atoms with E-state index in [4.69, 9.17) is 11.6 Å². The number of nitrogens with zero attached hydrogens (tertiary/aromatic N) is 3. The molecular formula is C11H13ClN4. The summed E-state index contributed by atoms with van der Waals surface area (Å²) in [5, 5.41) is 8.20. The van der Waals surface area contributed by atoms with E-state index in [0.29, 0.717) is 6.54 Å². The third-order valence-corrected chi connectivity index (χ3v) is 2.38. The molecule has 0 unspecified atom stereocenters. The molecule has 0 radical (unpaired) electrons. The van der Waals surface area contributed by atoms with Crippen molar-refractivity contribution in [3.05, 3.63) is 47.0 Å². The summed E-state index contributed by atoms with van der Waals surface area (Å²) in [6.07, 6.45) is 1.69. The van der Waals surface area contributed by atoms with Crippen LogP contribution in [0.1, 0.15) is 11.4 Å². The quantitative estimate of drug-likeness (QED) is 0.880. The second-order valence-corrected chi connectivity index (χ2v) is 4.00. The Hall–Kier alpha value is -1.39.